The van der Waals surface area contributed by atoms with Gasteiger partial charge in [-0.05, 0) is 31.2 Å². The summed E-state index contributed by atoms with van der Waals surface area (Å²) in [5.74, 6) is -1.07. The minimum Gasteiger partial charge on any atom is -0.459 e. The number of hydrogen-bond acceptors (Lipinski definition) is 5. The molecule has 1 N–H and O–H groups in total. The van der Waals surface area contributed by atoms with E-state index in [-0.39, 0.29) is 22.4 Å². The van der Waals surface area contributed by atoms with Crippen LogP contribution in [0.15, 0.2) is 52.4 Å². The van der Waals surface area contributed by atoms with Gasteiger partial charge in [-0.3, -0.25) is 9.71 Å². The van der Waals surface area contributed by atoms with Crippen LogP contribution in [0.2, 0.25) is 5.02 Å². The van der Waals surface area contributed by atoms with Crippen LogP contribution >= 0.6 is 11.6 Å². The van der Waals surface area contributed by atoms with Gasteiger partial charge in [-0.1, -0.05) is 29.8 Å². The molecule has 2 aromatic rings. The van der Waals surface area contributed by atoms with Gasteiger partial charge < -0.3 is 4.74 Å². The van der Waals surface area contributed by atoms with Crippen LogP contribution in [-0.2, 0) is 26.2 Å². The molecule has 2 aromatic carbocycles. The molecular weight excluding hydrogens is 383 g/mol. The molecule has 0 unspecified atom stereocenters. The molecule has 3 rings (SSSR count). The molecule has 0 spiro atoms. The zero-order chi connectivity index (χ0) is 18.9. The Bertz CT molecular complexity index is 1010. The summed E-state index contributed by atoms with van der Waals surface area (Å²) in [6.45, 7) is 1.34. The number of aliphatic imine (C=N–C) groups is 1. The number of benzene rings is 2. The maximum atomic E-state index is 13.0. The fourth-order valence-corrected chi connectivity index (χ4v) is 3.85. The van der Waals surface area contributed by atoms with E-state index in [2.05, 4.69) is 9.71 Å². The summed E-state index contributed by atoms with van der Waals surface area (Å²) in [7, 11) is -3.68. The standard InChI is InChI=1S/C17H14ClFN2O4S/c1-10(17(22)25-9-11-6-7-12(19)8-14(11)18)20-16-13-4-2-3-5-15(13)26(23,24)21-16/h2-8,10H,9H2,1H3,(H,20,21)/t10-/m0/s1. The maximum absolute atomic E-state index is 13.0. The third-order valence-electron chi connectivity index (χ3n) is 3.71. The molecule has 0 fully saturated rings. The van der Waals surface area contributed by atoms with Crippen LogP contribution in [-0.4, -0.2) is 26.3 Å². The van der Waals surface area contributed by atoms with Crippen LogP contribution in [0.25, 0.3) is 0 Å². The molecule has 0 aliphatic carbocycles. The van der Waals surface area contributed by atoms with Gasteiger partial charge in [-0.2, -0.15) is 0 Å². The van der Waals surface area contributed by atoms with E-state index in [1.807, 2.05) is 0 Å². The van der Waals surface area contributed by atoms with Gasteiger partial charge >= 0.3 is 5.97 Å². The van der Waals surface area contributed by atoms with E-state index in [1.54, 1.807) is 18.2 Å². The molecule has 6 nitrogen and oxygen atoms in total. The van der Waals surface area contributed by atoms with Crippen molar-refractivity contribution in [3.8, 4) is 0 Å². The summed E-state index contributed by atoms with van der Waals surface area (Å²) in [6.07, 6.45) is 0. The monoisotopic (exact) mass is 396 g/mol. The molecular formula is C17H14ClFN2O4S. The Kier molecular flexibility index (Phi) is 4.97. The van der Waals surface area contributed by atoms with Gasteiger partial charge in [-0.15, -0.1) is 0 Å². The molecule has 136 valence electrons. The van der Waals surface area contributed by atoms with Crippen molar-refractivity contribution in [2.75, 3.05) is 0 Å². The van der Waals surface area contributed by atoms with Crippen LogP contribution in [0.3, 0.4) is 0 Å². The zero-order valence-corrected chi connectivity index (χ0v) is 15.1. The van der Waals surface area contributed by atoms with E-state index in [4.69, 9.17) is 16.3 Å². The number of rotatable bonds is 4. The smallest absolute Gasteiger partial charge is 0.330 e. The predicted octanol–water partition coefficient (Wildman–Crippen LogP) is 2.65. The Morgan fingerprint density at radius 1 is 1.31 bits per heavy atom. The van der Waals surface area contributed by atoms with Crippen molar-refractivity contribution in [1.82, 2.24) is 4.72 Å². The van der Waals surface area contributed by atoms with Crippen LogP contribution in [0, 0.1) is 5.82 Å². The molecule has 9 heteroatoms. The van der Waals surface area contributed by atoms with E-state index >= 15 is 0 Å². The van der Waals surface area contributed by atoms with Crippen molar-refractivity contribution in [1.29, 1.82) is 0 Å². The number of hydrogen-bond donors (Lipinski definition) is 1. The molecule has 0 amide bonds. The average molecular weight is 397 g/mol. The highest BCUT2D eigenvalue weighted by Crippen LogP contribution is 2.23. The second kappa shape index (κ2) is 7.05. The lowest BCUT2D eigenvalue weighted by Crippen LogP contribution is -2.26. The number of ether oxygens (including phenoxy) is 1. The van der Waals surface area contributed by atoms with E-state index in [0.717, 1.165) is 6.07 Å². The van der Waals surface area contributed by atoms with Gasteiger partial charge in [0.2, 0.25) is 0 Å². The fourth-order valence-electron chi connectivity index (χ4n) is 2.38. The molecule has 1 aliphatic heterocycles. The van der Waals surface area contributed by atoms with Gasteiger partial charge in [0.05, 0.1) is 9.92 Å². The number of nitrogens with one attached hydrogen (secondary N) is 1. The van der Waals surface area contributed by atoms with Crippen LogP contribution in [0.1, 0.15) is 18.1 Å². The van der Waals surface area contributed by atoms with Gasteiger partial charge in [-0.25, -0.2) is 17.6 Å². The Balaban J connectivity index is 1.73. The molecule has 1 aliphatic rings. The van der Waals surface area contributed by atoms with Crippen molar-refractivity contribution in [3.05, 3.63) is 64.4 Å². The first-order valence-electron chi connectivity index (χ1n) is 7.58. The second-order valence-corrected chi connectivity index (χ2v) is 7.66. The Morgan fingerprint density at radius 2 is 2.04 bits per heavy atom. The van der Waals surface area contributed by atoms with Gasteiger partial charge in [0, 0.05) is 11.1 Å². The van der Waals surface area contributed by atoms with Gasteiger partial charge in [0.25, 0.3) is 10.0 Å². The zero-order valence-electron chi connectivity index (χ0n) is 13.6. The highest BCUT2D eigenvalue weighted by atomic mass is 35.5. The number of esters is 1. The second-order valence-electron chi connectivity index (χ2n) is 5.60. The van der Waals surface area contributed by atoms with E-state index in [1.165, 1.54) is 25.1 Å². The van der Waals surface area contributed by atoms with Gasteiger partial charge in [0.1, 0.15) is 24.3 Å². The lowest BCUT2D eigenvalue weighted by atomic mass is 10.2. The topological polar surface area (TPSA) is 84.8 Å². The summed E-state index contributed by atoms with van der Waals surface area (Å²) in [5.41, 5.74) is 0.849. The quantitative estimate of drug-likeness (QED) is 0.805. The molecule has 1 atom stereocenters. The van der Waals surface area contributed by atoms with Crippen molar-refractivity contribution in [2.24, 2.45) is 4.99 Å². The third kappa shape index (κ3) is 3.71. The molecule has 1 heterocycles. The molecule has 0 bridgehead atoms. The highest BCUT2D eigenvalue weighted by Gasteiger charge is 2.31. The van der Waals surface area contributed by atoms with Crippen LogP contribution < -0.4 is 4.72 Å². The predicted molar refractivity (Wildman–Crippen MR) is 94.0 cm³/mol. The number of halogens is 2. The summed E-state index contributed by atoms with van der Waals surface area (Å²) < 4.78 is 44.5. The highest BCUT2D eigenvalue weighted by molar-refractivity contribution is 7.90. The number of amidine groups is 1. The lowest BCUT2D eigenvalue weighted by Gasteiger charge is -2.10. The minimum atomic E-state index is -3.68. The Morgan fingerprint density at radius 3 is 2.77 bits per heavy atom. The molecule has 0 radical (unpaired) electrons. The first-order chi connectivity index (χ1) is 12.3. The van der Waals surface area contributed by atoms with Crippen LogP contribution in [0.4, 0.5) is 4.39 Å². The first kappa shape index (κ1) is 18.3. The molecule has 0 saturated heterocycles. The van der Waals surface area contributed by atoms with Crippen molar-refractivity contribution < 1.29 is 22.3 Å². The fraction of sp³-hybridized carbons (Fsp3) is 0.176. The number of sulfonamides is 1. The summed E-state index contributed by atoms with van der Waals surface area (Å²) >= 11 is 5.88. The first-order valence-corrected chi connectivity index (χ1v) is 9.44. The van der Waals surface area contributed by atoms with Gasteiger partial charge in [0.15, 0.2) is 0 Å². The molecule has 26 heavy (non-hydrogen) atoms. The minimum absolute atomic E-state index is 0.0878. The van der Waals surface area contributed by atoms with Crippen molar-refractivity contribution >= 4 is 33.4 Å². The van der Waals surface area contributed by atoms with E-state index in [9.17, 15) is 17.6 Å². The Labute approximate surface area is 154 Å². The summed E-state index contributed by atoms with van der Waals surface area (Å²) in [4.78, 5) is 16.4. The Hall–Kier alpha value is -2.45. The number of carbonyl (C=O) groups is 1. The van der Waals surface area contributed by atoms with Crippen LogP contribution in [0.5, 0.6) is 0 Å². The normalized spacial score (nSPS) is 17.4. The number of fused-ring (bicyclic) bond motifs is 1. The summed E-state index contributed by atoms with van der Waals surface area (Å²) in [5, 5.41) is 0.147. The SMILES string of the molecule is C[C@H](N=C1NS(=O)(=O)c2ccccc21)C(=O)OCc1ccc(F)cc1Cl. The van der Waals surface area contributed by atoms with E-state index < -0.39 is 27.9 Å². The van der Waals surface area contributed by atoms with Crippen molar-refractivity contribution in [2.45, 2.75) is 24.5 Å². The largest absolute Gasteiger partial charge is 0.459 e. The number of carbonyl (C=O) groups excluding carboxylic acids is 1. The third-order valence-corrected chi connectivity index (χ3v) is 5.46. The summed E-state index contributed by atoms with van der Waals surface area (Å²) in [6, 6.07) is 9.14. The van der Waals surface area contributed by atoms with E-state index in [0.29, 0.717) is 11.1 Å². The molecule has 0 aromatic heterocycles. The maximum Gasteiger partial charge on any atom is 0.330 e. The van der Waals surface area contributed by atoms with Crippen molar-refractivity contribution in [3.63, 3.8) is 0 Å². The lowest BCUT2D eigenvalue weighted by molar-refractivity contribution is -0.145. The molecule has 0 saturated carbocycles. The number of nitrogens with zero attached hydrogens (tertiary/aromatic N) is 1. The average Bonchev–Trinajstić information content (AvgIpc) is 2.85.